The van der Waals surface area contributed by atoms with Gasteiger partial charge in [-0.25, -0.2) is 4.98 Å². The highest BCUT2D eigenvalue weighted by molar-refractivity contribution is 7.17. The average molecular weight is 382 g/mol. The molecule has 2 N–H and O–H groups in total. The summed E-state index contributed by atoms with van der Waals surface area (Å²) in [5, 5.41) is 11.3. The maximum absolute atomic E-state index is 12.3. The summed E-state index contributed by atoms with van der Waals surface area (Å²) in [7, 11) is 0. The molecule has 1 heterocycles. The third-order valence-electron chi connectivity index (χ3n) is 3.65. The molecular formula is C18H14N4O4S. The Morgan fingerprint density at radius 1 is 1.00 bits per heavy atom. The lowest BCUT2D eigenvalue weighted by Crippen LogP contribution is -2.41. The van der Waals surface area contributed by atoms with E-state index in [4.69, 9.17) is 0 Å². The standard InChI is InChI=1S/C18H14N4O4S/c1-11-15(27-18(19-11)13-5-3-2-4-6-13)17(24)21-20-16(23)12-7-9-14(10-8-12)22(25)26/h2-10H,1H3,(H,20,23)(H,21,24). The van der Waals surface area contributed by atoms with Gasteiger partial charge >= 0.3 is 0 Å². The van der Waals surface area contributed by atoms with Crippen molar-refractivity contribution in [2.24, 2.45) is 0 Å². The second-order valence-corrected chi connectivity index (χ2v) is 6.51. The molecule has 0 saturated heterocycles. The van der Waals surface area contributed by atoms with Crippen molar-refractivity contribution in [2.75, 3.05) is 0 Å². The predicted octanol–water partition coefficient (Wildman–Crippen LogP) is 3.10. The molecule has 0 unspecified atom stereocenters. The maximum Gasteiger partial charge on any atom is 0.281 e. The fourth-order valence-electron chi connectivity index (χ4n) is 2.29. The van der Waals surface area contributed by atoms with E-state index in [9.17, 15) is 19.7 Å². The molecule has 0 bridgehead atoms. The van der Waals surface area contributed by atoms with E-state index in [1.165, 1.54) is 35.6 Å². The Kier molecular flexibility index (Phi) is 5.23. The Morgan fingerprint density at radius 2 is 1.63 bits per heavy atom. The molecule has 0 aliphatic rings. The predicted molar refractivity (Wildman–Crippen MR) is 100 cm³/mol. The molecule has 0 radical (unpaired) electrons. The summed E-state index contributed by atoms with van der Waals surface area (Å²) in [5.41, 5.74) is 6.16. The SMILES string of the molecule is Cc1nc(-c2ccccc2)sc1C(=O)NNC(=O)c1ccc([N+](=O)[O-])cc1. The van der Waals surface area contributed by atoms with Crippen LogP contribution < -0.4 is 10.9 Å². The zero-order chi connectivity index (χ0) is 19.4. The van der Waals surface area contributed by atoms with Crippen molar-refractivity contribution >= 4 is 28.8 Å². The minimum Gasteiger partial charge on any atom is -0.267 e. The number of nitrogens with zero attached hydrogens (tertiary/aromatic N) is 2. The van der Waals surface area contributed by atoms with Crippen LogP contribution in [-0.2, 0) is 0 Å². The van der Waals surface area contributed by atoms with Crippen LogP contribution in [0.15, 0.2) is 54.6 Å². The van der Waals surface area contributed by atoms with Crippen LogP contribution in [0.4, 0.5) is 5.69 Å². The molecule has 2 amide bonds. The zero-order valence-corrected chi connectivity index (χ0v) is 14.9. The van der Waals surface area contributed by atoms with E-state index in [1.807, 2.05) is 30.3 Å². The smallest absolute Gasteiger partial charge is 0.267 e. The van der Waals surface area contributed by atoms with Crippen LogP contribution in [0.5, 0.6) is 0 Å². The van der Waals surface area contributed by atoms with Crippen molar-refractivity contribution in [1.29, 1.82) is 0 Å². The Morgan fingerprint density at radius 3 is 2.26 bits per heavy atom. The van der Waals surface area contributed by atoms with E-state index in [-0.39, 0.29) is 11.3 Å². The highest BCUT2D eigenvalue weighted by atomic mass is 32.1. The van der Waals surface area contributed by atoms with Crippen LogP contribution in [0.25, 0.3) is 10.6 Å². The number of hydrogen-bond acceptors (Lipinski definition) is 6. The van der Waals surface area contributed by atoms with Crippen molar-refractivity contribution in [2.45, 2.75) is 6.92 Å². The molecule has 0 saturated carbocycles. The van der Waals surface area contributed by atoms with E-state index >= 15 is 0 Å². The van der Waals surface area contributed by atoms with Gasteiger partial charge in [-0.05, 0) is 19.1 Å². The average Bonchev–Trinajstić information content (AvgIpc) is 3.08. The molecule has 3 rings (SSSR count). The molecule has 27 heavy (non-hydrogen) atoms. The number of amides is 2. The number of benzene rings is 2. The topological polar surface area (TPSA) is 114 Å². The monoisotopic (exact) mass is 382 g/mol. The van der Waals surface area contributed by atoms with Crippen LogP contribution in [-0.4, -0.2) is 21.7 Å². The first kappa shape index (κ1) is 18.2. The van der Waals surface area contributed by atoms with Gasteiger partial charge in [-0.3, -0.25) is 30.6 Å². The third kappa shape index (κ3) is 4.15. The minimum atomic E-state index is -0.580. The van der Waals surface area contributed by atoms with E-state index in [2.05, 4.69) is 15.8 Å². The van der Waals surface area contributed by atoms with Gasteiger partial charge in [0.25, 0.3) is 17.5 Å². The number of carbonyl (C=O) groups excluding carboxylic acids is 2. The number of non-ortho nitro benzene ring substituents is 1. The number of aromatic nitrogens is 1. The Balaban J connectivity index is 1.66. The number of carbonyl (C=O) groups is 2. The van der Waals surface area contributed by atoms with E-state index in [0.29, 0.717) is 15.6 Å². The molecule has 0 spiro atoms. The van der Waals surface area contributed by atoms with Gasteiger partial charge in [0.1, 0.15) is 9.88 Å². The summed E-state index contributed by atoms with van der Waals surface area (Å²) in [6, 6.07) is 14.5. The van der Waals surface area contributed by atoms with Gasteiger partial charge in [-0.1, -0.05) is 30.3 Å². The first-order chi connectivity index (χ1) is 13.0. The molecular weight excluding hydrogens is 368 g/mol. The fraction of sp³-hybridized carbons (Fsp3) is 0.0556. The molecule has 9 heteroatoms. The molecule has 2 aromatic carbocycles. The van der Waals surface area contributed by atoms with Crippen molar-refractivity contribution in [1.82, 2.24) is 15.8 Å². The molecule has 8 nitrogen and oxygen atoms in total. The van der Waals surface area contributed by atoms with Gasteiger partial charge in [0.15, 0.2) is 0 Å². The van der Waals surface area contributed by atoms with Crippen LogP contribution >= 0.6 is 11.3 Å². The lowest BCUT2D eigenvalue weighted by atomic mass is 10.2. The van der Waals surface area contributed by atoms with Crippen molar-refractivity contribution < 1.29 is 14.5 Å². The Hall–Kier alpha value is -3.59. The molecule has 1 aromatic heterocycles. The number of aryl methyl sites for hydroxylation is 1. The van der Waals surface area contributed by atoms with Gasteiger partial charge < -0.3 is 0 Å². The number of hydrogen-bond donors (Lipinski definition) is 2. The molecule has 0 fully saturated rings. The number of hydrazine groups is 1. The van der Waals surface area contributed by atoms with E-state index in [0.717, 1.165) is 5.56 Å². The number of rotatable bonds is 4. The van der Waals surface area contributed by atoms with Crippen LogP contribution in [0, 0.1) is 17.0 Å². The summed E-state index contributed by atoms with van der Waals surface area (Å²) in [5.74, 6) is -1.06. The summed E-state index contributed by atoms with van der Waals surface area (Å²) in [6.07, 6.45) is 0. The Bertz CT molecular complexity index is 1000. The van der Waals surface area contributed by atoms with Gasteiger partial charge in [-0.15, -0.1) is 11.3 Å². The molecule has 136 valence electrons. The number of thiazole rings is 1. The third-order valence-corrected chi connectivity index (χ3v) is 4.86. The molecule has 3 aromatic rings. The van der Waals surface area contributed by atoms with Gasteiger partial charge in [0.05, 0.1) is 10.6 Å². The lowest BCUT2D eigenvalue weighted by molar-refractivity contribution is -0.384. The summed E-state index contributed by atoms with van der Waals surface area (Å²) in [4.78, 5) is 39.3. The van der Waals surface area contributed by atoms with Crippen LogP contribution in [0.1, 0.15) is 25.7 Å². The normalized spacial score (nSPS) is 10.3. The van der Waals surface area contributed by atoms with Crippen molar-refractivity contribution in [3.8, 4) is 10.6 Å². The number of nitrogens with one attached hydrogen (secondary N) is 2. The quantitative estimate of drug-likeness (QED) is 0.531. The maximum atomic E-state index is 12.3. The summed E-state index contributed by atoms with van der Waals surface area (Å²) < 4.78 is 0. The van der Waals surface area contributed by atoms with Gasteiger partial charge in [-0.2, -0.15) is 0 Å². The largest absolute Gasteiger partial charge is 0.281 e. The van der Waals surface area contributed by atoms with Crippen molar-refractivity contribution in [3.05, 3.63) is 80.8 Å². The molecule has 0 atom stereocenters. The van der Waals surface area contributed by atoms with Crippen LogP contribution in [0.3, 0.4) is 0 Å². The Labute approximate surface area is 158 Å². The van der Waals surface area contributed by atoms with Crippen molar-refractivity contribution in [3.63, 3.8) is 0 Å². The zero-order valence-electron chi connectivity index (χ0n) is 14.1. The van der Waals surface area contributed by atoms with Gasteiger partial charge in [0.2, 0.25) is 0 Å². The number of nitro benzene ring substituents is 1. The highest BCUT2D eigenvalue weighted by Gasteiger charge is 2.17. The number of nitro groups is 1. The first-order valence-electron chi connectivity index (χ1n) is 7.83. The second-order valence-electron chi connectivity index (χ2n) is 5.51. The van der Waals surface area contributed by atoms with E-state index in [1.54, 1.807) is 6.92 Å². The van der Waals surface area contributed by atoms with Gasteiger partial charge in [0, 0.05) is 23.3 Å². The first-order valence-corrected chi connectivity index (χ1v) is 8.65. The lowest BCUT2D eigenvalue weighted by Gasteiger charge is -2.06. The summed E-state index contributed by atoms with van der Waals surface area (Å²) in [6.45, 7) is 1.72. The highest BCUT2D eigenvalue weighted by Crippen LogP contribution is 2.27. The molecule has 0 aliphatic heterocycles. The second kappa shape index (κ2) is 7.75. The molecule has 0 aliphatic carbocycles. The van der Waals surface area contributed by atoms with Crippen LogP contribution in [0.2, 0.25) is 0 Å². The van der Waals surface area contributed by atoms with E-state index < -0.39 is 16.7 Å². The fourth-order valence-corrected chi connectivity index (χ4v) is 3.26. The summed E-state index contributed by atoms with van der Waals surface area (Å²) >= 11 is 1.22. The minimum absolute atomic E-state index is 0.121.